The monoisotopic (exact) mass is 234 g/mol. The van der Waals surface area contributed by atoms with E-state index < -0.39 is 0 Å². The lowest BCUT2D eigenvalue weighted by Gasteiger charge is -2.09. The molecule has 2 heteroatoms. The third-order valence-corrected chi connectivity index (χ3v) is 3.73. The zero-order valence-electron chi connectivity index (χ0n) is 10.1. The van der Waals surface area contributed by atoms with Crippen molar-refractivity contribution in [2.75, 3.05) is 0 Å². The van der Waals surface area contributed by atoms with E-state index in [9.17, 15) is 0 Å². The summed E-state index contributed by atoms with van der Waals surface area (Å²) in [5.41, 5.74) is 5.10. The van der Waals surface area contributed by atoms with Gasteiger partial charge in [0.1, 0.15) is 0 Å². The second kappa shape index (κ2) is 3.70. The molecule has 0 unspecified atom stereocenters. The zero-order chi connectivity index (χ0) is 11.9. The molecule has 1 aliphatic rings. The van der Waals surface area contributed by atoms with Gasteiger partial charge in [-0.15, -0.1) is 0 Å². The van der Waals surface area contributed by atoms with Crippen LogP contribution in [0.3, 0.4) is 0 Å². The average Bonchev–Trinajstić information content (AvgIpc) is 2.82. The number of benzene rings is 2. The van der Waals surface area contributed by atoms with E-state index in [2.05, 4.69) is 47.1 Å². The van der Waals surface area contributed by atoms with Crippen molar-refractivity contribution < 1.29 is 0 Å². The first-order valence-corrected chi connectivity index (χ1v) is 6.48. The number of aryl methyl sites for hydroxylation is 2. The van der Waals surface area contributed by atoms with Gasteiger partial charge >= 0.3 is 0 Å². The molecule has 3 aromatic rings. The number of para-hydroxylation sites is 1. The Kier molecular flexibility index (Phi) is 2.04. The molecule has 0 amide bonds. The summed E-state index contributed by atoms with van der Waals surface area (Å²) < 4.78 is 2.08. The van der Waals surface area contributed by atoms with Gasteiger partial charge in [0.05, 0.1) is 16.9 Å². The van der Waals surface area contributed by atoms with E-state index in [4.69, 9.17) is 5.10 Å². The molecule has 0 N–H and O–H groups in total. The topological polar surface area (TPSA) is 17.8 Å². The molecule has 2 nitrogen and oxygen atoms in total. The number of nitrogens with zero attached hydrogens (tertiary/aromatic N) is 2. The van der Waals surface area contributed by atoms with Crippen LogP contribution in [0.5, 0.6) is 0 Å². The first kappa shape index (κ1) is 9.89. The zero-order valence-corrected chi connectivity index (χ0v) is 10.1. The molecule has 18 heavy (non-hydrogen) atoms. The van der Waals surface area contributed by atoms with Crippen LogP contribution in [-0.2, 0) is 12.8 Å². The van der Waals surface area contributed by atoms with Gasteiger partial charge in [-0.05, 0) is 43.0 Å². The highest BCUT2D eigenvalue weighted by Crippen LogP contribution is 2.30. The lowest BCUT2D eigenvalue weighted by molar-refractivity contribution is 0.763. The number of hydrogen-bond acceptors (Lipinski definition) is 1. The minimum atomic E-state index is 1.10. The van der Waals surface area contributed by atoms with Crippen LogP contribution in [0.1, 0.15) is 17.7 Å². The predicted octanol–water partition coefficient (Wildman–Crippen LogP) is 3.51. The first-order chi connectivity index (χ1) is 8.93. The van der Waals surface area contributed by atoms with Crippen molar-refractivity contribution >= 4 is 10.9 Å². The summed E-state index contributed by atoms with van der Waals surface area (Å²) in [6, 6.07) is 16.9. The summed E-state index contributed by atoms with van der Waals surface area (Å²) in [5.74, 6) is 0. The van der Waals surface area contributed by atoms with Crippen LogP contribution in [0.25, 0.3) is 16.6 Å². The van der Waals surface area contributed by atoms with E-state index in [1.807, 2.05) is 6.07 Å². The molecule has 0 saturated heterocycles. The van der Waals surface area contributed by atoms with Crippen LogP contribution in [-0.4, -0.2) is 9.78 Å². The number of rotatable bonds is 1. The van der Waals surface area contributed by atoms with E-state index in [0.717, 1.165) is 12.1 Å². The van der Waals surface area contributed by atoms with Gasteiger partial charge in [-0.25, -0.2) is 4.68 Å². The highest BCUT2D eigenvalue weighted by Gasteiger charge is 2.18. The quantitative estimate of drug-likeness (QED) is 0.630. The van der Waals surface area contributed by atoms with E-state index >= 15 is 0 Å². The Hall–Kier alpha value is -2.09. The van der Waals surface area contributed by atoms with Crippen LogP contribution in [0.4, 0.5) is 0 Å². The second-order valence-electron chi connectivity index (χ2n) is 4.86. The highest BCUT2D eigenvalue weighted by molar-refractivity contribution is 5.87. The Morgan fingerprint density at radius 1 is 0.889 bits per heavy atom. The third kappa shape index (κ3) is 1.32. The van der Waals surface area contributed by atoms with Crippen molar-refractivity contribution in [3.8, 4) is 5.69 Å². The smallest absolute Gasteiger partial charge is 0.0746 e. The Morgan fingerprint density at radius 3 is 2.67 bits per heavy atom. The summed E-state index contributed by atoms with van der Waals surface area (Å²) in [6.45, 7) is 0. The standard InChI is InChI=1S/C16H14N2/c1-2-8-13(9-3-1)18-15-11-5-7-12-6-4-10-14(17-18)16(12)15/h1-3,5,7-9,11H,4,6,10H2. The molecule has 0 aliphatic heterocycles. The van der Waals surface area contributed by atoms with Gasteiger partial charge in [-0.3, -0.25) is 0 Å². The summed E-state index contributed by atoms with van der Waals surface area (Å²) in [5, 5.41) is 6.19. The van der Waals surface area contributed by atoms with Crippen LogP contribution in [0.15, 0.2) is 48.5 Å². The van der Waals surface area contributed by atoms with E-state index in [1.165, 1.54) is 35.0 Å². The maximum absolute atomic E-state index is 4.81. The Labute approximate surface area is 106 Å². The maximum Gasteiger partial charge on any atom is 0.0746 e. The molecule has 4 rings (SSSR count). The number of aromatic nitrogens is 2. The minimum Gasteiger partial charge on any atom is -0.233 e. The molecule has 2 aromatic carbocycles. The first-order valence-electron chi connectivity index (χ1n) is 6.48. The van der Waals surface area contributed by atoms with Gasteiger partial charge in [0.25, 0.3) is 0 Å². The molecule has 0 bridgehead atoms. The minimum absolute atomic E-state index is 1.10. The summed E-state index contributed by atoms with van der Waals surface area (Å²) >= 11 is 0. The van der Waals surface area contributed by atoms with Crippen molar-refractivity contribution in [2.24, 2.45) is 0 Å². The number of hydrogen-bond donors (Lipinski definition) is 0. The summed E-state index contributed by atoms with van der Waals surface area (Å²) in [7, 11) is 0. The van der Waals surface area contributed by atoms with Gasteiger partial charge < -0.3 is 0 Å². The molecule has 88 valence electrons. The molecule has 0 fully saturated rings. The van der Waals surface area contributed by atoms with Gasteiger partial charge in [-0.1, -0.05) is 30.3 Å². The fraction of sp³-hybridized carbons (Fsp3) is 0.188. The molecular formula is C16H14N2. The molecule has 1 aromatic heterocycles. The Morgan fingerprint density at radius 2 is 1.78 bits per heavy atom. The van der Waals surface area contributed by atoms with Crippen molar-refractivity contribution in [1.29, 1.82) is 0 Å². The Balaban J connectivity index is 2.07. The second-order valence-corrected chi connectivity index (χ2v) is 4.86. The Bertz CT molecular complexity index is 711. The average molecular weight is 234 g/mol. The molecule has 0 atom stereocenters. The van der Waals surface area contributed by atoms with Gasteiger partial charge in [0.15, 0.2) is 0 Å². The van der Waals surface area contributed by atoms with Crippen LogP contribution < -0.4 is 0 Å². The summed E-state index contributed by atoms with van der Waals surface area (Å²) in [4.78, 5) is 0. The largest absolute Gasteiger partial charge is 0.233 e. The molecule has 0 spiro atoms. The van der Waals surface area contributed by atoms with Gasteiger partial charge in [0, 0.05) is 5.39 Å². The van der Waals surface area contributed by atoms with Crippen LogP contribution >= 0.6 is 0 Å². The van der Waals surface area contributed by atoms with Crippen LogP contribution in [0, 0.1) is 0 Å². The molecule has 1 aliphatic carbocycles. The van der Waals surface area contributed by atoms with Gasteiger partial charge in [0.2, 0.25) is 0 Å². The van der Waals surface area contributed by atoms with Gasteiger partial charge in [-0.2, -0.15) is 5.10 Å². The van der Waals surface area contributed by atoms with Crippen LogP contribution in [0.2, 0.25) is 0 Å². The van der Waals surface area contributed by atoms with E-state index in [1.54, 1.807) is 0 Å². The van der Waals surface area contributed by atoms with Crippen molar-refractivity contribution in [3.05, 3.63) is 59.8 Å². The molecular weight excluding hydrogens is 220 g/mol. The third-order valence-electron chi connectivity index (χ3n) is 3.73. The van der Waals surface area contributed by atoms with E-state index in [0.29, 0.717) is 0 Å². The maximum atomic E-state index is 4.81. The molecule has 0 saturated carbocycles. The lowest BCUT2D eigenvalue weighted by atomic mass is 9.95. The lowest BCUT2D eigenvalue weighted by Crippen LogP contribution is -1.99. The predicted molar refractivity (Wildman–Crippen MR) is 73.1 cm³/mol. The fourth-order valence-electron chi connectivity index (χ4n) is 2.92. The SMILES string of the molecule is c1ccc(-n2nc3c4c(cccc42)CCC3)cc1. The highest BCUT2D eigenvalue weighted by atomic mass is 15.3. The normalized spacial score (nSPS) is 14.0. The van der Waals surface area contributed by atoms with Crippen molar-refractivity contribution in [1.82, 2.24) is 9.78 Å². The molecule has 1 heterocycles. The fourth-order valence-corrected chi connectivity index (χ4v) is 2.92. The van der Waals surface area contributed by atoms with Crippen molar-refractivity contribution in [2.45, 2.75) is 19.3 Å². The summed E-state index contributed by atoms with van der Waals surface area (Å²) in [6.07, 6.45) is 3.51. The molecule has 0 radical (unpaired) electrons. The van der Waals surface area contributed by atoms with Crippen molar-refractivity contribution in [3.63, 3.8) is 0 Å². The van der Waals surface area contributed by atoms with E-state index in [-0.39, 0.29) is 0 Å².